The molecule has 218 valence electrons. The molecule has 1 aromatic carbocycles. The van der Waals surface area contributed by atoms with Crippen LogP contribution in [-0.4, -0.2) is 19.8 Å². The zero-order valence-electron chi connectivity index (χ0n) is 25.6. The van der Waals surface area contributed by atoms with Crippen molar-refractivity contribution in [2.24, 2.45) is 0 Å². The standard InChI is InChI=1S/C35H48O5/c1-8-9-10-11-23-38-33-32-30(37-24-21-28(6)17-12-15-26(2)3)19-14-20-31(32)40-35(36)34(33)39-25-22-29(7)18-13-16-27(4)5/h9-10,14-16,19-22H,8,11-13,17-18,23-25H2,1-7H3. The monoisotopic (exact) mass is 548 g/mol. The van der Waals surface area contributed by atoms with Crippen LogP contribution < -0.4 is 19.8 Å². The molecule has 0 aliphatic heterocycles. The third-order valence-corrected chi connectivity index (χ3v) is 6.26. The van der Waals surface area contributed by atoms with Gasteiger partial charge in [-0.2, -0.15) is 0 Å². The molecule has 0 aliphatic rings. The van der Waals surface area contributed by atoms with Crippen LogP contribution in [0.1, 0.15) is 87.0 Å². The van der Waals surface area contributed by atoms with Gasteiger partial charge in [0.15, 0.2) is 5.75 Å². The maximum absolute atomic E-state index is 13.0. The molecule has 0 atom stereocenters. The van der Waals surface area contributed by atoms with Crippen LogP contribution in [0.4, 0.5) is 0 Å². The van der Waals surface area contributed by atoms with E-state index in [1.54, 1.807) is 6.07 Å². The van der Waals surface area contributed by atoms with E-state index in [0.717, 1.165) is 38.5 Å². The summed E-state index contributed by atoms with van der Waals surface area (Å²) in [5.41, 5.74) is 4.94. The average molecular weight is 549 g/mol. The van der Waals surface area contributed by atoms with Crippen LogP contribution in [0.2, 0.25) is 0 Å². The minimum Gasteiger partial charge on any atom is -0.489 e. The molecular formula is C35H48O5. The van der Waals surface area contributed by atoms with Gasteiger partial charge >= 0.3 is 5.63 Å². The van der Waals surface area contributed by atoms with E-state index in [4.69, 9.17) is 18.6 Å². The Kier molecular flexibility index (Phi) is 14.7. The van der Waals surface area contributed by atoms with Crippen LogP contribution in [0, 0.1) is 0 Å². The molecule has 40 heavy (non-hydrogen) atoms. The van der Waals surface area contributed by atoms with Crippen LogP contribution in [0.15, 0.2) is 86.2 Å². The van der Waals surface area contributed by atoms with Gasteiger partial charge in [-0.05, 0) is 104 Å². The second-order valence-corrected chi connectivity index (χ2v) is 10.6. The van der Waals surface area contributed by atoms with Gasteiger partial charge in [-0.15, -0.1) is 0 Å². The Morgan fingerprint density at radius 2 is 1.38 bits per heavy atom. The Hall–Kier alpha value is -3.47. The van der Waals surface area contributed by atoms with E-state index in [0.29, 0.717) is 35.7 Å². The Morgan fingerprint density at radius 1 is 0.750 bits per heavy atom. The van der Waals surface area contributed by atoms with Crippen molar-refractivity contribution in [2.75, 3.05) is 19.8 Å². The predicted molar refractivity (Wildman–Crippen MR) is 168 cm³/mol. The van der Waals surface area contributed by atoms with Gasteiger partial charge in [-0.1, -0.05) is 59.6 Å². The largest absolute Gasteiger partial charge is 0.489 e. The molecule has 0 bridgehead atoms. The summed E-state index contributed by atoms with van der Waals surface area (Å²) in [6, 6.07) is 5.44. The van der Waals surface area contributed by atoms with Crippen molar-refractivity contribution in [3.05, 3.63) is 87.4 Å². The number of ether oxygens (including phenoxy) is 3. The third kappa shape index (κ3) is 11.7. The van der Waals surface area contributed by atoms with E-state index in [2.05, 4.69) is 78.8 Å². The summed E-state index contributed by atoms with van der Waals surface area (Å²) in [7, 11) is 0. The molecule has 2 rings (SSSR count). The smallest absolute Gasteiger partial charge is 0.383 e. The fourth-order valence-electron chi connectivity index (χ4n) is 3.99. The lowest BCUT2D eigenvalue weighted by atomic mass is 10.1. The first kappa shape index (κ1) is 32.7. The fraction of sp³-hybridized carbons (Fsp3) is 0.457. The summed E-state index contributed by atoms with van der Waals surface area (Å²) < 4.78 is 24.1. The molecular weight excluding hydrogens is 500 g/mol. The summed E-state index contributed by atoms with van der Waals surface area (Å²) in [6.07, 6.45) is 18.3. The van der Waals surface area contributed by atoms with Crippen molar-refractivity contribution in [3.8, 4) is 17.2 Å². The highest BCUT2D eigenvalue weighted by Gasteiger charge is 2.21. The van der Waals surface area contributed by atoms with Crippen LogP contribution in [-0.2, 0) is 0 Å². The van der Waals surface area contributed by atoms with Crippen LogP contribution in [0.25, 0.3) is 11.0 Å². The first-order chi connectivity index (χ1) is 19.2. The Bertz CT molecular complexity index is 1280. The summed E-state index contributed by atoms with van der Waals surface area (Å²) in [5.74, 6) is 1.03. The number of benzene rings is 1. The molecule has 0 saturated carbocycles. The molecule has 1 heterocycles. The van der Waals surface area contributed by atoms with Gasteiger partial charge in [-0.25, -0.2) is 4.79 Å². The Morgan fingerprint density at radius 3 is 1.98 bits per heavy atom. The average Bonchev–Trinajstić information content (AvgIpc) is 2.89. The molecule has 1 aromatic heterocycles. The first-order valence-corrected chi connectivity index (χ1v) is 14.4. The SMILES string of the molecule is CCC=CCCOc1c(OCC=C(C)CCC=C(C)C)c(=O)oc2cccc(OCC=C(C)CCC=C(C)C)c12. The van der Waals surface area contributed by atoms with Gasteiger partial charge in [0, 0.05) is 0 Å². The highest BCUT2D eigenvalue weighted by molar-refractivity contribution is 5.91. The number of hydrogen-bond acceptors (Lipinski definition) is 5. The second kappa shape index (κ2) is 18.0. The van der Waals surface area contributed by atoms with E-state index in [1.807, 2.05) is 18.2 Å². The quantitative estimate of drug-likeness (QED) is 0.112. The van der Waals surface area contributed by atoms with Crippen LogP contribution >= 0.6 is 0 Å². The molecule has 0 saturated heterocycles. The molecule has 0 aliphatic carbocycles. The fourth-order valence-corrected chi connectivity index (χ4v) is 3.99. The van der Waals surface area contributed by atoms with Gasteiger partial charge in [0.1, 0.15) is 29.9 Å². The molecule has 0 unspecified atom stereocenters. The molecule has 2 aromatic rings. The van der Waals surface area contributed by atoms with E-state index in [9.17, 15) is 4.79 Å². The van der Waals surface area contributed by atoms with Crippen molar-refractivity contribution in [1.29, 1.82) is 0 Å². The Labute approximate surface area is 240 Å². The summed E-state index contributed by atoms with van der Waals surface area (Å²) in [6.45, 7) is 15.8. The molecule has 0 spiro atoms. The van der Waals surface area contributed by atoms with Crippen LogP contribution in [0.3, 0.4) is 0 Å². The zero-order valence-corrected chi connectivity index (χ0v) is 25.6. The lowest BCUT2D eigenvalue weighted by molar-refractivity contribution is 0.278. The summed E-state index contributed by atoms with van der Waals surface area (Å²) in [5, 5.41) is 0.608. The van der Waals surface area contributed by atoms with Crippen molar-refractivity contribution in [1.82, 2.24) is 0 Å². The third-order valence-electron chi connectivity index (χ3n) is 6.26. The van der Waals surface area contributed by atoms with E-state index in [-0.39, 0.29) is 12.4 Å². The van der Waals surface area contributed by atoms with Crippen molar-refractivity contribution >= 4 is 11.0 Å². The zero-order chi connectivity index (χ0) is 29.3. The molecule has 5 heteroatoms. The minimum absolute atomic E-state index is 0.0739. The van der Waals surface area contributed by atoms with Gasteiger partial charge in [0.25, 0.3) is 0 Å². The Balaban J connectivity index is 2.34. The van der Waals surface area contributed by atoms with Crippen molar-refractivity contribution in [3.63, 3.8) is 0 Å². The van der Waals surface area contributed by atoms with Crippen molar-refractivity contribution in [2.45, 2.75) is 87.0 Å². The van der Waals surface area contributed by atoms with Gasteiger partial charge < -0.3 is 18.6 Å². The molecule has 0 amide bonds. The second-order valence-electron chi connectivity index (χ2n) is 10.6. The van der Waals surface area contributed by atoms with E-state index in [1.165, 1.54) is 22.3 Å². The molecule has 0 N–H and O–H groups in total. The van der Waals surface area contributed by atoms with Crippen LogP contribution in [0.5, 0.6) is 17.2 Å². The van der Waals surface area contributed by atoms with Gasteiger partial charge in [0.2, 0.25) is 5.75 Å². The number of hydrogen-bond donors (Lipinski definition) is 0. The minimum atomic E-state index is -0.561. The van der Waals surface area contributed by atoms with Gasteiger partial charge in [-0.3, -0.25) is 0 Å². The summed E-state index contributed by atoms with van der Waals surface area (Å²) >= 11 is 0. The van der Waals surface area contributed by atoms with E-state index < -0.39 is 5.63 Å². The highest BCUT2D eigenvalue weighted by atomic mass is 16.5. The lowest BCUT2D eigenvalue weighted by Gasteiger charge is -2.15. The highest BCUT2D eigenvalue weighted by Crippen LogP contribution is 2.39. The van der Waals surface area contributed by atoms with Gasteiger partial charge in [0.05, 0.1) is 6.61 Å². The topological polar surface area (TPSA) is 57.9 Å². The van der Waals surface area contributed by atoms with E-state index >= 15 is 0 Å². The first-order valence-electron chi connectivity index (χ1n) is 14.4. The maximum atomic E-state index is 13.0. The summed E-state index contributed by atoms with van der Waals surface area (Å²) in [4.78, 5) is 13.0. The number of rotatable bonds is 17. The normalized spacial score (nSPS) is 12.1. The number of allylic oxidation sites excluding steroid dienone is 7. The van der Waals surface area contributed by atoms with Crippen molar-refractivity contribution < 1.29 is 18.6 Å². The molecule has 5 nitrogen and oxygen atoms in total. The predicted octanol–water partition coefficient (Wildman–Crippen LogP) is 9.67. The molecule has 0 fully saturated rings. The number of fused-ring (bicyclic) bond motifs is 1. The lowest BCUT2D eigenvalue weighted by Crippen LogP contribution is -2.11. The molecule has 0 radical (unpaired) electrons. The maximum Gasteiger partial charge on any atom is 0.383 e.